The van der Waals surface area contributed by atoms with E-state index in [-0.39, 0.29) is 17.9 Å². The molecule has 8 heteroatoms. The Kier molecular flexibility index (Phi) is 4.92. The number of nitrogens with one attached hydrogen (secondary N) is 1. The number of nitrogens with two attached hydrogens (primary N) is 1. The molecule has 0 unspecified atom stereocenters. The van der Waals surface area contributed by atoms with Crippen LogP contribution in [0.1, 0.15) is 6.42 Å². The van der Waals surface area contributed by atoms with Gasteiger partial charge in [-0.15, -0.1) is 0 Å². The van der Waals surface area contributed by atoms with Gasteiger partial charge in [0.2, 0.25) is 0 Å². The molecule has 1 aromatic rings. The fraction of sp³-hybridized carbons (Fsp3) is 0.364. The lowest BCUT2D eigenvalue weighted by molar-refractivity contribution is -0.383. The molecule has 0 atom stereocenters. The molecule has 1 aromatic carbocycles. The number of carboxylic acid groups (broad SMARTS) is 1. The number of nitro benzene ring substituents is 1. The van der Waals surface area contributed by atoms with Crippen molar-refractivity contribution in [3.8, 4) is 0 Å². The van der Waals surface area contributed by atoms with E-state index in [4.69, 9.17) is 10.8 Å². The van der Waals surface area contributed by atoms with Gasteiger partial charge in [-0.3, -0.25) is 10.1 Å². The number of para-hydroxylation sites is 1. The number of hydrogen-bond donors (Lipinski definition) is 3. The van der Waals surface area contributed by atoms with Crippen molar-refractivity contribution in [3.63, 3.8) is 0 Å². The zero-order chi connectivity index (χ0) is 14.4. The molecular weight excluding hydrogens is 252 g/mol. The van der Waals surface area contributed by atoms with Gasteiger partial charge in [0.05, 0.1) is 4.92 Å². The maximum absolute atomic E-state index is 11.0. The quantitative estimate of drug-likeness (QED) is 0.309. The Labute approximate surface area is 110 Å². The van der Waals surface area contributed by atoms with Crippen LogP contribution in [-0.4, -0.2) is 36.3 Å². The molecule has 0 radical (unpaired) electrons. The van der Waals surface area contributed by atoms with Crippen molar-refractivity contribution in [1.82, 2.24) is 5.32 Å². The van der Waals surface area contributed by atoms with Gasteiger partial charge < -0.3 is 21.1 Å². The number of nitrogens with zero attached hydrogens (tertiary/aromatic N) is 2. The first-order valence-electron chi connectivity index (χ1n) is 5.64. The number of hydrogen-bond acceptors (Lipinski definition) is 5. The molecule has 8 nitrogen and oxygen atoms in total. The summed E-state index contributed by atoms with van der Waals surface area (Å²) in [6.07, 6.45) is -0.549. The summed E-state index contributed by atoms with van der Waals surface area (Å²) in [4.78, 5) is 22.4. The minimum absolute atomic E-state index is 0.109. The second-order valence-corrected chi connectivity index (χ2v) is 3.98. The summed E-state index contributed by atoms with van der Waals surface area (Å²) in [5, 5.41) is 21.6. The summed E-state index contributed by atoms with van der Waals surface area (Å²) in [5.74, 6) is 0. The Balaban J connectivity index is 2.71. The van der Waals surface area contributed by atoms with E-state index in [0.717, 1.165) is 0 Å². The van der Waals surface area contributed by atoms with Crippen molar-refractivity contribution in [1.29, 1.82) is 0 Å². The lowest BCUT2D eigenvalue weighted by Gasteiger charge is -2.19. The summed E-state index contributed by atoms with van der Waals surface area (Å²) >= 11 is 0. The van der Waals surface area contributed by atoms with Gasteiger partial charge in [0.1, 0.15) is 11.4 Å². The van der Waals surface area contributed by atoms with Crippen LogP contribution < -0.4 is 16.0 Å². The highest BCUT2D eigenvalue weighted by atomic mass is 16.6. The molecule has 0 aliphatic rings. The number of anilines is 2. The van der Waals surface area contributed by atoms with Gasteiger partial charge in [0, 0.05) is 20.1 Å². The number of carbonyl (C=O) groups is 1. The molecule has 0 heterocycles. The van der Waals surface area contributed by atoms with Gasteiger partial charge >= 0.3 is 11.8 Å². The highest BCUT2D eigenvalue weighted by Crippen LogP contribution is 2.32. The molecular formula is C11H16N4O4. The standard InChI is InChI=1S/C11H16N4O4/c1-14(7-3-6-13-11(16)17)9-5-2-4-8(12)10(9)15(18)19/h2,4-5,13H,3,6-7,12H2,1H3,(H,16,17). The average molecular weight is 268 g/mol. The van der Waals surface area contributed by atoms with Gasteiger partial charge in [-0.1, -0.05) is 6.07 Å². The van der Waals surface area contributed by atoms with Crippen LogP contribution in [0.15, 0.2) is 18.2 Å². The molecule has 19 heavy (non-hydrogen) atoms. The first-order valence-corrected chi connectivity index (χ1v) is 5.64. The van der Waals surface area contributed by atoms with Gasteiger partial charge in [-0.2, -0.15) is 0 Å². The third-order valence-corrected chi connectivity index (χ3v) is 2.59. The Bertz CT molecular complexity index is 478. The maximum Gasteiger partial charge on any atom is 0.404 e. The van der Waals surface area contributed by atoms with E-state index in [1.165, 1.54) is 6.07 Å². The summed E-state index contributed by atoms with van der Waals surface area (Å²) in [7, 11) is 1.70. The number of benzene rings is 1. The topological polar surface area (TPSA) is 122 Å². The molecule has 104 valence electrons. The molecule has 0 bridgehead atoms. The van der Waals surface area contributed by atoms with E-state index in [1.807, 2.05) is 0 Å². The molecule has 0 saturated heterocycles. The van der Waals surface area contributed by atoms with Crippen molar-refractivity contribution in [2.75, 3.05) is 30.8 Å². The zero-order valence-electron chi connectivity index (χ0n) is 10.5. The van der Waals surface area contributed by atoms with Crippen molar-refractivity contribution in [2.45, 2.75) is 6.42 Å². The molecule has 0 spiro atoms. The lowest BCUT2D eigenvalue weighted by Crippen LogP contribution is -2.27. The molecule has 1 amide bonds. The third kappa shape index (κ3) is 4.02. The molecule has 0 aliphatic heterocycles. The van der Waals surface area contributed by atoms with Crippen molar-refractivity contribution >= 4 is 23.2 Å². The van der Waals surface area contributed by atoms with Crippen LogP contribution >= 0.6 is 0 Å². The molecule has 0 saturated carbocycles. The molecule has 4 N–H and O–H groups in total. The summed E-state index contributed by atoms with van der Waals surface area (Å²) < 4.78 is 0. The first kappa shape index (κ1) is 14.6. The fourth-order valence-electron chi connectivity index (χ4n) is 1.69. The van der Waals surface area contributed by atoms with Gasteiger partial charge in [0.25, 0.3) is 0 Å². The largest absolute Gasteiger partial charge is 0.465 e. The first-order chi connectivity index (χ1) is 8.93. The smallest absolute Gasteiger partial charge is 0.404 e. The van der Waals surface area contributed by atoms with Crippen LogP contribution in [0.4, 0.5) is 21.9 Å². The van der Waals surface area contributed by atoms with Crippen LogP contribution in [-0.2, 0) is 0 Å². The van der Waals surface area contributed by atoms with Crippen LogP contribution in [0.2, 0.25) is 0 Å². The van der Waals surface area contributed by atoms with E-state index in [1.54, 1.807) is 24.1 Å². The average Bonchev–Trinajstić information content (AvgIpc) is 2.33. The van der Waals surface area contributed by atoms with E-state index in [2.05, 4.69) is 5.32 Å². The van der Waals surface area contributed by atoms with Crippen LogP contribution in [0.25, 0.3) is 0 Å². The van der Waals surface area contributed by atoms with Crippen molar-refractivity contribution in [3.05, 3.63) is 28.3 Å². The van der Waals surface area contributed by atoms with Gasteiger partial charge in [-0.25, -0.2) is 4.79 Å². The van der Waals surface area contributed by atoms with E-state index < -0.39 is 11.0 Å². The Hall–Kier alpha value is -2.51. The molecule has 0 aromatic heterocycles. The van der Waals surface area contributed by atoms with Gasteiger partial charge in [0.15, 0.2) is 0 Å². The Morgan fingerprint density at radius 2 is 2.26 bits per heavy atom. The monoisotopic (exact) mass is 268 g/mol. The van der Waals surface area contributed by atoms with Crippen LogP contribution in [0.5, 0.6) is 0 Å². The minimum Gasteiger partial charge on any atom is -0.465 e. The maximum atomic E-state index is 11.0. The predicted octanol–water partition coefficient (Wildman–Crippen LogP) is 1.27. The summed E-state index contributed by atoms with van der Waals surface area (Å²) in [5.41, 5.74) is 5.99. The number of nitro groups is 1. The second kappa shape index (κ2) is 6.43. The molecule has 1 rings (SSSR count). The third-order valence-electron chi connectivity index (χ3n) is 2.59. The lowest BCUT2D eigenvalue weighted by atomic mass is 10.2. The van der Waals surface area contributed by atoms with E-state index in [9.17, 15) is 14.9 Å². The van der Waals surface area contributed by atoms with Crippen molar-refractivity contribution < 1.29 is 14.8 Å². The van der Waals surface area contributed by atoms with Crippen LogP contribution in [0.3, 0.4) is 0 Å². The van der Waals surface area contributed by atoms with Crippen LogP contribution in [0, 0.1) is 10.1 Å². The number of nitrogen functional groups attached to an aromatic ring is 1. The normalized spacial score (nSPS) is 9.95. The number of rotatable bonds is 6. The summed E-state index contributed by atoms with van der Waals surface area (Å²) in [6, 6.07) is 4.73. The second-order valence-electron chi connectivity index (χ2n) is 3.98. The molecule has 0 fully saturated rings. The predicted molar refractivity (Wildman–Crippen MR) is 71.4 cm³/mol. The number of amides is 1. The highest BCUT2D eigenvalue weighted by molar-refractivity contribution is 5.75. The van der Waals surface area contributed by atoms with E-state index in [0.29, 0.717) is 18.7 Å². The Morgan fingerprint density at radius 3 is 2.84 bits per heavy atom. The fourth-order valence-corrected chi connectivity index (χ4v) is 1.69. The SMILES string of the molecule is CN(CCCNC(=O)O)c1cccc(N)c1[N+](=O)[O-]. The van der Waals surface area contributed by atoms with Crippen molar-refractivity contribution in [2.24, 2.45) is 0 Å². The Morgan fingerprint density at radius 1 is 1.58 bits per heavy atom. The molecule has 0 aliphatic carbocycles. The van der Waals surface area contributed by atoms with E-state index >= 15 is 0 Å². The summed E-state index contributed by atoms with van der Waals surface area (Å²) in [6.45, 7) is 0.764. The minimum atomic E-state index is -1.09. The zero-order valence-corrected chi connectivity index (χ0v) is 10.5. The van der Waals surface area contributed by atoms with Gasteiger partial charge in [-0.05, 0) is 18.6 Å². The highest BCUT2D eigenvalue weighted by Gasteiger charge is 2.20.